The van der Waals surface area contributed by atoms with E-state index in [1.54, 1.807) is 4.90 Å². The normalized spacial score (nSPS) is 19.7. The zero-order valence-corrected chi connectivity index (χ0v) is 17.3. The number of nitrogens with zero attached hydrogens (tertiary/aromatic N) is 2. The number of carbonyl (C=O) groups is 2. The van der Waals surface area contributed by atoms with E-state index >= 15 is 0 Å². The number of rotatable bonds is 4. The van der Waals surface area contributed by atoms with Gasteiger partial charge in [0.15, 0.2) is 0 Å². The van der Waals surface area contributed by atoms with Crippen LogP contribution in [0.25, 0.3) is 0 Å². The molecule has 1 unspecified atom stereocenters. The first-order valence-electron chi connectivity index (χ1n) is 10.7. The second-order valence-electron chi connectivity index (χ2n) is 8.26. The summed E-state index contributed by atoms with van der Waals surface area (Å²) in [7, 11) is 0. The van der Waals surface area contributed by atoms with Gasteiger partial charge in [-0.25, -0.2) is 4.79 Å². The third kappa shape index (κ3) is 3.46. The summed E-state index contributed by atoms with van der Waals surface area (Å²) in [5.74, 6) is 0.111. The van der Waals surface area contributed by atoms with Crippen molar-refractivity contribution < 1.29 is 9.59 Å². The van der Waals surface area contributed by atoms with Crippen LogP contribution in [0.3, 0.4) is 0 Å². The topological polar surface area (TPSA) is 52.7 Å². The second-order valence-corrected chi connectivity index (χ2v) is 8.26. The Hall–Kier alpha value is -3.60. The molecule has 2 aliphatic rings. The molecule has 0 aliphatic carbocycles. The molecule has 0 saturated carbocycles. The molecule has 0 bridgehead atoms. The fourth-order valence-electron chi connectivity index (χ4n) is 4.81. The molecule has 1 N–H and O–H groups in total. The number of fused-ring (bicyclic) bond motifs is 2. The summed E-state index contributed by atoms with van der Waals surface area (Å²) in [6.07, 6.45) is 1.45. The van der Waals surface area contributed by atoms with E-state index in [1.165, 1.54) is 5.56 Å². The molecule has 156 valence electrons. The molecule has 5 heteroatoms. The minimum absolute atomic E-state index is 0.111. The monoisotopic (exact) mass is 411 g/mol. The van der Waals surface area contributed by atoms with Crippen LogP contribution in [0.1, 0.15) is 17.5 Å². The molecule has 0 radical (unpaired) electrons. The molecule has 5 rings (SSSR count). The smallest absolute Gasteiger partial charge is 0.321 e. The highest BCUT2D eigenvalue weighted by atomic mass is 16.2. The van der Waals surface area contributed by atoms with Crippen molar-refractivity contribution in [2.75, 3.05) is 29.9 Å². The van der Waals surface area contributed by atoms with E-state index in [-0.39, 0.29) is 11.9 Å². The van der Waals surface area contributed by atoms with E-state index in [4.69, 9.17) is 0 Å². The zero-order valence-electron chi connectivity index (χ0n) is 17.3. The van der Waals surface area contributed by atoms with Crippen LogP contribution in [0.15, 0.2) is 84.9 Å². The lowest BCUT2D eigenvalue weighted by atomic mass is 9.81. The van der Waals surface area contributed by atoms with E-state index in [1.807, 2.05) is 77.7 Å². The Kier molecular flexibility index (Phi) is 4.94. The van der Waals surface area contributed by atoms with Gasteiger partial charge in [-0.05, 0) is 42.2 Å². The van der Waals surface area contributed by atoms with Gasteiger partial charge in [-0.1, -0.05) is 66.7 Å². The van der Waals surface area contributed by atoms with Crippen molar-refractivity contribution in [3.63, 3.8) is 0 Å². The van der Waals surface area contributed by atoms with Gasteiger partial charge in [0.05, 0.1) is 5.41 Å². The van der Waals surface area contributed by atoms with Crippen molar-refractivity contribution in [3.8, 4) is 0 Å². The van der Waals surface area contributed by atoms with Crippen LogP contribution in [0.5, 0.6) is 0 Å². The van der Waals surface area contributed by atoms with Gasteiger partial charge in [0.2, 0.25) is 5.91 Å². The van der Waals surface area contributed by atoms with Crippen LogP contribution >= 0.6 is 0 Å². The summed E-state index contributed by atoms with van der Waals surface area (Å²) in [6, 6.07) is 27.6. The predicted molar refractivity (Wildman–Crippen MR) is 122 cm³/mol. The highest BCUT2D eigenvalue weighted by Gasteiger charge is 2.54. The van der Waals surface area contributed by atoms with Crippen molar-refractivity contribution >= 4 is 23.3 Å². The van der Waals surface area contributed by atoms with Gasteiger partial charge in [-0.3, -0.25) is 4.79 Å². The van der Waals surface area contributed by atoms with Crippen LogP contribution in [0.2, 0.25) is 0 Å². The lowest BCUT2D eigenvalue weighted by Gasteiger charge is -2.25. The zero-order chi connectivity index (χ0) is 21.3. The lowest BCUT2D eigenvalue weighted by molar-refractivity contribution is -0.122. The van der Waals surface area contributed by atoms with Crippen molar-refractivity contribution in [3.05, 3.63) is 96.1 Å². The first-order chi connectivity index (χ1) is 15.2. The summed E-state index contributed by atoms with van der Waals surface area (Å²) < 4.78 is 0. The number of hydrogen-bond donors (Lipinski definition) is 1. The third-order valence-corrected chi connectivity index (χ3v) is 6.41. The van der Waals surface area contributed by atoms with E-state index in [9.17, 15) is 9.59 Å². The minimum Gasteiger partial charge on any atom is -0.323 e. The summed E-state index contributed by atoms with van der Waals surface area (Å²) in [5, 5.41) is 2.95. The number of likely N-dealkylation sites (tertiary alicyclic amines) is 1. The summed E-state index contributed by atoms with van der Waals surface area (Å²) in [6.45, 7) is 1.60. The van der Waals surface area contributed by atoms with Crippen LogP contribution < -0.4 is 10.2 Å². The first-order valence-corrected chi connectivity index (χ1v) is 10.7. The number of para-hydroxylation sites is 2. The summed E-state index contributed by atoms with van der Waals surface area (Å²) >= 11 is 0. The van der Waals surface area contributed by atoms with Gasteiger partial charge >= 0.3 is 6.03 Å². The van der Waals surface area contributed by atoms with Gasteiger partial charge in [-0.15, -0.1) is 0 Å². The fourth-order valence-corrected chi connectivity index (χ4v) is 4.81. The molecule has 3 aromatic rings. The standard InChI is InChI=1S/C26H25N3O2/c30-24-26(16-18-28(19-26)25(31)27-21-11-5-2-6-12-21)22-13-7-8-14-23(22)29(24)17-15-20-9-3-1-4-10-20/h1-14H,15-19H2,(H,27,31). The fraction of sp³-hybridized carbons (Fsp3) is 0.231. The average Bonchev–Trinajstić information content (AvgIpc) is 3.36. The molecule has 3 amide bonds. The van der Waals surface area contributed by atoms with Crippen LogP contribution in [0, 0.1) is 0 Å². The minimum atomic E-state index is -0.651. The van der Waals surface area contributed by atoms with Gasteiger partial charge in [-0.2, -0.15) is 0 Å². The van der Waals surface area contributed by atoms with Crippen LogP contribution in [0.4, 0.5) is 16.2 Å². The summed E-state index contributed by atoms with van der Waals surface area (Å²) in [5.41, 5.74) is 3.35. The highest BCUT2D eigenvalue weighted by Crippen LogP contribution is 2.47. The number of nitrogens with one attached hydrogen (secondary N) is 1. The molecule has 1 saturated heterocycles. The van der Waals surface area contributed by atoms with Crippen molar-refractivity contribution in [1.82, 2.24) is 4.90 Å². The van der Waals surface area contributed by atoms with E-state index < -0.39 is 5.41 Å². The van der Waals surface area contributed by atoms with Gasteiger partial charge in [0, 0.05) is 31.0 Å². The van der Waals surface area contributed by atoms with E-state index in [2.05, 4.69) is 17.4 Å². The van der Waals surface area contributed by atoms with Crippen molar-refractivity contribution in [2.24, 2.45) is 0 Å². The Bertz CT molecular complexity index is 1100. The molecule has 1 atom stereocenters. The third-order valence-electron chi connectivity index (χ3n) is 6.41. The van der Waals surface area contributed by atoms with Gasteiger partial charge < -0.3 is 15.1 Å². The molecule has 1 fully saturated rings. The Morgan fingerprint density at radius 3 is 2.35 bits per heavy atom. The van der Waals surface area contributed by atoms with Crippen LogP contribution in [-0.2, 0) is 16.6 Å². The average molecular weight is 412 g/mol. The molecule has 31 heavy (non-hydrogen) atoms. The quantitative estimate of drug-likeness (QED) is 0.690. The molecule has 5 nitrogen and oxygen atoms in total. The SMILES string of the molecule is O=C(Nc1ccccc1)N1CCC2(C1)C(=O)N(CCc1ccccc1)c1ccccc12. The number of urea groups is 1. The Morgan fingerprint density at radius 2 is 1.58 bits per heavy atom. The van der Waals surface area contributed by atoms with Gasteiger partial charge in [0.1, 0.15) is 0 Å². The van der Waals surface area contributed by atoms with Gasteiger partial charge in [0.25, 0.3) is 0 Å². The molecule has 2 aliphatic heterocycles. The second kappa shape index (κ2) is 7.91. The molecular weight excluding hydrogens is 386 g/mol. The number of benzene rings is 3. The Balaban J connectivity index is 1.36. The highest BCUT2D eigenvalue weighted by molar-refractivity contribution is 6.09. The Labute approximate surface area is 182 Å². The number of carbonyl (C=O) groups excluding carboxylic acids is 2. The number of amides is 3. The first kappa shape index (κ1) is 19.4. The van der Waals surface area contributed by atoms with E-state index in [0.29, 0.717) is 26.1 Å². The Morgan fingerprint density at radius 1 is 0.903 bits per heavy atom. The maximum Gasteiger partial charge on any atom is 0.321 e. The van der Waals surface area contributed by atoms with Crippen molar-refractivity contribution in [1.29, 1.82) is 0 Å². The lowest BCUT2D eigenvalue weighted by Crippen LogP contribution is -2.44. The molecule has 3 aromatic carbocycles. The number of hydrogen-bond acceptors (Lipinski definition) is 2. The molecular formula is C26H25N3O2. The largest absolute Gasteiger partial charge is 0.323 e. The maximum atomic E-state index is 13.7. The molecule has 2 heterocycles. The maximum absolute atomic E-state index is 13.7. The van der Waals surface area contributed by atoms with Crippen LogP contribution in [-0.4, -0.2) is 36.5 Å². The molecule has 0 aromatic heterocycles. The molecule has 1 spiro atoms. The van der Waals surface area contributed by atoms with Crippen molar-refractivity contribution in [2.45, 2.75) is 18.3 Å². The predicted octanol–water partition coefficient (Wildman–Crippen LogP) is 4.45. The summed E-state index contributed by atoms with van der Waals surface area (Å²) in [4.78, 5) is 30.2. The van der Waals surface area contributed by atoms with E-state index in [0.717, 1.165) is 23.4 Å². The number of anilines is 2.